The molecule has 0 fully saturated rings. The summed E-state index contributed by atoms with van der Waals surface area (Å²) in [5, 5.41) is 11.3. The highest BCUT2D eigenvalue weighted by Gasteiger charge is 2.39. The fraction of sp³-hybridized carbons (Fsp3) is 0.0750. The molecule has 0 spiro atoms. The summed E-state index contributed by atoms with van der Waals surface area (Å²) in [6.07, 6.45) is 1.80. The predicted molar refractivity (Wildman–Crippen MR) is 184 cm³/mol. The largest absolute Gasteiger partial charge is 0.309 e. The van der Waals surface area contributed by atoms with E-state index in [-0.39, 0.29) is 5.41 Å². The van der Waals surface area contributed by atoms with Crippen molar-refractivity contribution in [3.05, 3.63) is 145 Å². The van der Waals surface area contributed by atoms with E-state index < -0.39 is 0 Å². The Hall–Kier alpha value is -6.01. The van der Waals surface area contributed by atoms with Crippen LogP contribution in [0.2, 0.25) is 0 Å². The first-order chi connectivity index (χ1) is 22.6. The van der Waals surface area contributed by atoms with E-state index in [9.17, 15) is 0 Å². The molecule has 0 unspecified atom stereocenters. The molecule has 46 heavy (non-hydrogen) atoms. The lowest BCUT2D eigenvalue weighted by Gasteiger charge is -2.23. The highest BCUT2D eigenvalue weighted by Crippen LogP contribution is 2.52. The van der Waals surface area contributed by atoms with Crippen LogP contribution in [0.1, 0.15) is 25.0 Å². The zero-order valence-corrected chi connectivity index (χ0v) is 25.4. The molecule has 0 atom stereocenters. The lowest BCUT2D eigenvalue weighted by Crippen LogP contribution is -2.16. The summed E-state index contributed by atoms with van der Waals surface area (Å²) in [5.41, 5.74) is 10.5. The van der Waals surface area contributed by atoms with E-state index in [1.54, 1.807) is 6.20 Å². The van der Waals surface area contributed by atoms with Crippen molar-refractivity contribution in [1.82, 2.24) is 29.7 Å². The van der Waals surface area contributed by atoms with Gasteiger partial charge >= 0.3 is 0 Å². The summed E-state index contributed by atoms with van der Waals surface area (Å²) >= 11 is 0. The molecule has 218 valence electrons. The number of aromatic nitrogens is 6. The van der Waals surface area contributed by atoms with Gasteiger partial charge in [0, 0.05) is 50.3 Å². The van der Waals surface area contributed by atoms with Crippen LogP contribution in [0.15, 0.2) is 134 Å². The Balaban J connectivity index is 1.30. The van der Waals surface area contributed by atoms with Crippen LogP contribution in [0.25, 0.3) is 72.9 Å². The minimum Gasteiger partial charge on any atom is -0.309 e. The van der Waals surface area contributed by atoms with Crippen molar-refractivity contribution in [2.45, 2.75) is 19.3 Å². The Labute approximate surface area is 266 Å². The van der Waals surface area contributed by atoms with Crippen LogP contribution >= 0.6 is 0 Å². The van der Waals surface area contributed by atoms with Crippen LogP contribution < -0.4 is 0 Å². The SMILES string of the molecule is CC1(C)c2ccnnc2-c2ccc3c4ccccc4n(-c4cccc(-c5nc(-c6ccccc6)nc(-c6ccccc6)n5)c4)c3c21. The number of para-hydroxylation sites is 1. The highest BCUT2D eigenvalue weighted by atomic mass is 15.1. The van der Waals surface area contributed by atoms with Gasteiger partial charge in [0.15, 0.2) is 17.5 Å². The number of nitrogens with zero attached hydrogens (tertiary/aromatic N) is 6. The lowest BCUT2D eigenvalue weighted by atomic mass is 9.82. The smallest absolute Gasteiger partial charge is 0.164 e. The van der Waals surface area contributed by atoms with Crippen LogP contribution in [0.4, 0.5) is 0 Å². The first-order valence-corrected chi connectivity index (χ1v) is 15.4. The number of benzene rings is 5. The van der Waals surface area contributed by atoms with Gasteiger partial charge in [-0.25, -0.2) is 15.0 Å². The topological polar surface area (TPSA) is 69.4 Å². The average molecular weight is 593 g/mol. The van der Waals surface area contributed by atoms with E-state index in [2.05, 4.69) is 95.3 Å². The van der Waals surface area contributed by atoms with Gasteiger partial charge in [-0.05, 0) is 35.4 Å². The van der Waals surface area contributed by atoms with Crippen LogP contribution in [0, 0.1) is 0 Å². The van der Waals surface area contributed by atoms with Crippen molar-refractivity contribution in [2.24, 2.45) is 0 Å². The van der Waals surface area contributed by atoms with Gasteiger partial charge in [0.2, 0.25) is 0 Å². The Morgan fingerprint density at radius 3 is 1.91 bits per heavy atom. The van der Waals surface area contributed by atoms with E-state index in [4.69, 9.17) is 15.0 Å². The summed E-state index contributed by atoms with van der Waals surface area (Å²) in [7, 11) is 0. The normalized spacial score (nSPS) is 13.2. The molecular weight excluding hydrogens is 564 g/mol. The van der Waals surface area contributed by atoms with E-state index in [0.29, 0.717) is 17.5 Å². The first kappa shape index (κ1) is 26.4. The third-order valence-corrected chi connectivity index (χ3v) is 9.17. The van der Waals surface area contributed by atoms with Crippen molar-refractivity contribution >= 4 is 21.8 Å². The first-order valence-electron chi connectivity index (χ1n) is 15.4. The van der Waals surface area contributed by atoms with Gasteiger partial charge in [-0.1, -0.05) is 117 Å². The molecule has 0 radical (unpaired) electrons. The molecule has 0 saturated heterocycles. The molecule has 3 aromatic heterocycles. The van der Waals surface area contributed by atoms with E-state index in [0.717, 1.165) is 39.2 Å². The maximum absolute atomic E-state index is 5.01. The third-order valence-electron chi connectivity index (χ3n) is 9.17. The maximum Gasteiger partial charge on any atom is 0.164 e. The summed E-state index contributed by atoms with van der Waals surface area (Å²) in [4.78, 5) is 14.9. The Morgan fingerprint density at radius 2 is 1.20 bits per heavy atom. The molecule has 8 aromatic rings. The van der Waals surface area contributed by atoms with E-state index in [1.807, 2.05) is 60.7 Å². The van der Waals surface area contributed by atoms with E-state index in [1.165, 1.54) is 27.4 Å². The molecule has 1 aliphatic carbocycles. The Kier molecular flexibility index (Phi) is 5.74. The Bertz CT molecular complexity index is 2390. The molecule has 0 amide bonds. The fourth-order valence-electron chi connectivity index (χ4n) is 7.05. The van der Waals surface area contributed by atoms with Gasteiger partial charge in [0.05, 0.1) is 16.7 Å². The molecular formula is C40H28N6. The van der Waals surface area contributed by atoms with Crippen molar-refractivity contribution < 1.29 is 0 Å². The van der Waals surface area contributed by atoms with Crippen LogP contribution in [-0.2, 0) is 5.41 Å². The van der Waals surface area contributed by atoms with Crippen LogP contribution in [-0.4, -0.2) is 29.7 Å². The third kappa shape index (κ3) is 3.93. The molecule has 6 heteroatoms. The molecule has 6 nitrogen and oxygen atoms in total. The lowest BCUT2D eigenvalue weighted by molar-refractivity contribution is 0.660. The van der Waals surface area contributed by atoms with Gasteiger partial charge in [-0.2, -0.15) is 10.2 Å². The number of fused-ring (bicyclic) bond motifs is 7. The molecule has 1 aliphatic rings. The minimum absolute atomic E-state index is 0.257. The second-order valence-electron chi connectivity index (χ2n) is 12.2. The summed E-state index contributed by atoms with van der Waals surface area (Å²) < 4.78 is 2.39. The minimum atomic E-state index is -0.257. The zero-order valence-electron chi connectivity index (χ0n) is 25.4. The van der Waals surface area contributed by atoms with Gasteiger partial charge in [-0.15, -0.1) is 0 Å². The second kappa shape index (κ2) is 10.0. The van der Waals surface area contributed by atoms with Crippen molar-refractivity contribution in [2.75, 3.05) is 0 Å². The molecule has 3 heterocycles. The maximum atomic E-state index is 5.01. The number of rotatable bonds is 4. The fourth-order valence-corrected chi connectivity index (χ4v) is 7.05. The molecule has 5 aromatic carbocycles. The summed E-state index contributed by atoms with van der Waals surface area (Å²) in [6.45, 7) is 4.58. The average Bonchev–Trinajstić information content (AvgIpc) is 3.57. The van der Waals surface area contributed by atoms with Crippen LogP contribution in [0.3, 0.4) is 0 Å². The zero-order chi connectivity index (χ0) is 30.8. The van der Waals surface area contributed by atoms with Crippen molar-refractivity contribution in [1.29, 1.82) is 0 Å². The van der Waals surface area contributed by atoms with E-state index >= 15 is 0 Å². The molecule has 0 N–H and O–H groups in total. The predicted octanol–water partition coefficient (Wildman–Crippen LogP) is 9.07. The number of hydrogen-bond acceptors (Lipinski definition) is 5. The summed E-state index contributed by atoms with van der Waals surface area (Å²) in [5.74, 6) is 1.92. The van der Waals surface area contributed by atoms with Crippen molar-refractivity contribution in [3.8, 4) is 51.1 Å². The Morgan fingerprint density at radius 1 is 0.565 bits per heavy atom. The molecule has 0 bridgehead atoms. The molecule has 0 aliphatic heterocycles. The molecule has 9 rings (SSSR count). The van der Waals surface area contributed by atoms with Crippen molar-refractivity contribution in [3.63, 3.8) is 0 Å². The van der Waals surface area contributed by atoms with Gasteiger partial charge < -0.3 is 4.57 Å². The van der Waals surface area contributed by atoms with Gasteiger partial charge in [0.25, 0.3) is 0 Å². The standard InChI is InChI=1S/C40H28N6/c1-40(2)32-22-23-41-45-35(32)31-21-20-30-29-18-9-10-19-33(29)46(36(30)34(31)40)28-17-11-16-27(24-28)39-43-37(25-12-5-3-6-13-25)42-38(44-39)26-14-7-4-8-15-26/h3-24H,1-2H3. The van der Waals surface area contributed by atoms with Crippen LogP contribution in [0.5, 0.6) is 0 Å². The monoisotopic (exact) mass is 592 g/mol. The molecule has 0 saturated carbocycles. The quantitative estimate of drug-likeness (QED) is 0.204. The number of hydrogen-bond donors (Lipinski definition) is 0. The summed E-state index contributed by atoms with van der Waals surface area (Å²) in [6, 6.07) is 43.9. The van der Waals surface area contributed by atoms with Gasteiger partial charge in [-0.3, -0.25) is 0 Å². The van der Waals surface area contributed by atoms with Gasteiger partial charge in [0.1, 0.15) is 0 Å². The highest BCUT2D eigenvalue weighted by molar-refractivity contribution is 6.13. The second-order valence-corrected chi connectivity index (χ2v) is 12.2.